The first-order valence-corrected chi connectivity index (χ1v) is 8.78. The Labute approximate surface area is 150 Å². The number of hydrogen-bond donors (Lipinski definition) is 0. The average Bonchev–Trinajstić information content (AvgIpc) is 2.96. The van der Waals surface area contributed by atoms with Crippen LogP contribution in [0.25, 0.3) is 10.2 Å². The van der Waals surface area contributed by atoms with E-state index in [4.69, 9.17) is 9.47 Å². The van der Waals surface area contributed by atoms with Crippen LogP contribution < -0.4 is 14.3 Å². The van der Waals surface area contributed by atoms with Crippen LogP contribution in [0.1, 0.15) is 22.8 Å². The maximum Gasteiger partial charge on any atom is 0.279 e. The molecule has 0 N–H and O–H groups in total. The van der Waals surface area contributed by atoms with E-state index < -0.39 is 0 Å². The number of carbonyl (C=O) groups excluding carboxylic acids is 1. The smallest absolute Gasteiger partial charge is 0.279 e. The summed E-state index contributed by atoms with van der Waals surface area (Å²) in [7, 11) is 5.05. The standard InChI is InChI=1S/C19H20N2O3S/c1-5-12-7-6-8-16-17(12)21(2)19(25-16)20-18(22)13-9-14(23-3)11-15(10-13)24-4/h6-11H,5H2,1-4H3. The van der Waals surface area contributed by atoms with Crippen LogP contribution in [0.5, 0.6) is 11.5 Å². The van der Waals surface area contributed by atoms with E-state index in [-0.39, 0.29) is 5.91 Å². The van der Waals surface area contributed by atoms with Crippen molar-refractivity contribution in [1.29, 1.82) is 0 Å². The van der Waals surface area contributed by atoms with Gasteiger partial charge < -0.3 is 14.0 Å². The number of fused-ring (bicyclic) bond motifs is 1. The van der Waals surface area contributed by atoms with Crippen LogP contribution in [0, 0.1) is 0 Å². The molecule has 0 saturated carbocycles. The predicted octanol–water partition coefficient (Wildman–Crippen LogP) is 3.56. The summed E-state index contributed by atoms with van der Waals surface area (Å²) in [5.41, 5.74) is 2.81. The van der Waals surface area contributed by atoms with Crippen molar-refractivity contribution in [2.45, 2.75) is 13.3 Å². The van der Waals surface area contributed by atoms with Crippen molar-refractivity contribution in [3.05, 3.63) is 52.3 Å². The number of carbonyl (C=O) groups is 1. The zero-order valence-electron chi connectivity index (χ0n) is 14.7. The molecule has 3 rings (SSSR count). The van der Waals surface area contributed by atoms with Crippen LogP contribution in [-0.4, -0.2) is 24.7 Å². The summed E-state index contributed by atoms with van der Waals surface area (Å²) in [6.45, 7) is 2.12. The Kier molecular flexibility index (Phi) is 4.90. The highest BCUT2D eigenvalue weighted by Crippen LogP contribution is 2.24. The van der Waals surface area contributed by atoms with Gasteiger partial charge in [-0.15, -0.1) is 0 Å². The first-order chi connectivity index (χ1) is 12.1. The Bertz CT molecular complexity index is 979. The summed E-state index contributed by atoms with van der Waals surface area (Å²) in [5, 5.41) is 0. The monoisotopic (exact) mass is 356 g/mol. The van der Waals surface area contributed by atoms with Crippen molar-refractivity contribution in [2.75, 3.05) is 14.2 Å². The van der Waals surface area contributed by atoms with Gasteiger partial charge >= 0.3 is 0 Å². The fraction of sp³-hybridized carbons (Fsp3) is 0.263. The molecule has 0 fully saturated rings. The molecule has 130 valence electrons. The van der Waals surface area contributed by atoms with Gasteiger partial charge in [-0.3, -0.25) is 4.79 Å². The second kappa shape index (κ2) is 7.11. The summed E-state index contributed by atoms with van der Waals surface area (Å²) in [6, 6.07) is 11.3. The first-order valence-electron chi connectivity index (χ1n) is 7.97. The lowest BCUT2D eigenvalue weighted by atomic mass is 10.1. The molecule has 3 aromatic rings. The molecular formula is C19H20N2O3S. The third-order valence-corrected chi connectivity index (χ3v) is 5.18. The summed E-state index contributed by atoms with van der Waals surface area (Å²) in [6.07, 6.45) is 0.933. The predicted molar refractivity (Wildman–Crippen MR) is 99.6 cm³/mol. The van der Waals surface area contributed by atoms with E-state index in [9.17, 15) is 4.79 Å². The van der Waals surface area contributed by atoms with Crippen LogP contribution >= 0.6 is 11.3 Å². The molecule has 0 aliphatic rings. The average molecular weight is 356 g/mol. The summed E-state index contributed by atoms with van der Waals surface area (Å²) >= 11 is 1.51. The molecule has 0 unspecified atom stereocenters. The van der Waals surface area contributed by atoms with Gasteiger partial charge in [-0.2, -0.15) is 4.99 Å². The minimum atomic E-state index is -0.322. The van der Waals surface area contributed by atoms with Gasteiger partial charge in [0.25, 0.3) is 5.91 Å². The molecule has 0 spiro atoms. The highest BCUT2D eigenvalue weighted by molar-refractivity contribution is 7.16. The van der Waals surface area contributed by atoms with Gasteiger partial charge in [0.15, 0.2) is 4.80 Å². The summed E-state index contributed by atoms with van der Waals surface area (Å²) in [5.74, 6) is 0.802. The van der Waals surface area contributed by atoms with Gasteiger partial charge in [0.2, 0.25) is 0 Å². The molecule has 0 saturated heterocycles. The number of aromatic nitrogens is 1. The zero-order valence-corrected chi connectivity index (χ0v) is 15.5. The maximum absolute atomic E-state index is 12.6. The molecule has 1 amide bonds. The Morgan fingerprint density at radius 1 is 1.16 bits per heavy atom. The highest BCUT2D eigenvalue weighted by atomic mass is 32.1. The number of hydrogen-bond acceptors (Lipinski definition) is 4. The van der Waals surface area contributed by atoms with Crippen molar-refractivity contribution in [3.63, 3.8) is 0 Å². The van der Waals surface area contributed by atoms with Gasteiger partial charge in [-0.25, -0.2) is 0 Å². The van der Waals surface area contributed by atoms with Crippen molar-refractivity contribution in [2.24, 2.45) is 12.0 Å². The maximum atomic E-state index is 12.6. The number of aryl methyl sites for hydroxylation is 2. The molecule has 0 aliphatic carbocycles. The number of benzene rings is 2. The second-order valence-electron chi connectivity index (χ2n) is 5.58. The second-order valence-corrected chi connectivity index (χ2v) is 6.59. The SMILES string of the molecule is CCc1cccc2sc(=NC(=O)c3cc(OC)cc(OC)c3)n(C)c12. The van der Waals surface area contributed by atoms with E-state index in [0.717, 1.165) is 16.6 Å². The molecule has 2 aromatic carbocycles. The number of amides is 1. The Hall–Kier alpha value is -2.60. The zero-order chi connectivity index (χ0) is 18.0. The molecule has 0 atom stereocenters. The highest BCUT2D eigenvalue weighted by Gasteiger charge is 2.11. The molecule has 1 aromatic heterocycles. The van der Waals surface area contributed by atoms with Crippen molar-refractivity contribution >= 4 is 27.5 Å². The number of methoxy groups -OCH3 is 2. The Balaban J connectivity index is 2.11. The number of rotatable bonds is 4. The van der Waals surface area contributed by atoms with Gasteiger partial charge in [0, 0.05) is 18.7 Å². The number of ether oxygens (including phenoxy) is 2. The normalized spacial score (nSPS) is 11.8. The molecule has 5 nitrogen and oxygen atoms in total. The number of nitrogens with zero attached hydrogens (tertiary/aromatic N) is 2. The summed E-state index contributed by atoms with van der Waals surface area (Å²) < 4.78 is 13.5. The largest absolute Gasteiger partial charge is 0.497 e. The van der Waals surface area contributed by atoms with Crippen LogP contribution in [0.3, 0.4) is 0 Å². The van der Waals surface area contributed by atoms with Crippen molar-refractivity contribution < 1.29 is 14.3 Å². The molecular weight excluding hydrogens is 336 g/mol. The molecule has 25 heavy (non-hydrogen) atoms. The minimum absolute atomic E-state index is 0.322. The fourth-order valence-corrected chi connectivity index (χ4v) is 3.82. The first kappa shape index (κ1) is 17.2. The molecule has 0 radical (unpaired) electrons. The minimum Gasteiger partial charge on any atom is -0.497 e. The lowest BCUT2D eigenvalue weighted by Crippen LogP contribution is -2.14. The number of para-hydroxylation sites is 1. The Morgan fingerprint density at radius 2 is 1.84 bits per heavy atom. The molecule has 0 aliphatic heterocycles. The quantitative estimate of drug-likeness (QED) is 0.718. The third-order valence-electron chi connectivity index (χ3n) is 4.08. The lowest BCUT2D eigenvalue weighted by Gasteiger charge is -2.06. The van der Waals surface area contributed by atoms with Gasteiger partial charge in [0.1, 0.15) is 11.5 Å². The fourth-order valence-electron chi connectivity index (χ4n) is 2.76. The van der Waals surface area contributed by atoms with E-state index in [1.807, 2.05) is 17.7 Å². The van der Waals surface area contributed by atoms with Gasteiger partial charge in [-0.05, 0) is 30.2 Å². The van der Waals surface area contributed by atoms with E-state index in [2.05, 4.69) is 24.0 Å². The van der Waals surface area contributed by atoms with E-state index in [1.165, 1.54) is 16.9 Å². The van der Waals surface area contributed by atoms with Gasteiger partial charge in [0.05, 0.1) is 24.4 Å². The lowest BCUT2D eigenvalue weighted by molar-refractivity contribution is 0.0997. The molecule has 0 bridgehead atoms. The third kappa shape index (κ3) is 3.30. The van der Waals surface area contributed by atoms with Crippen molar-refractivity contribution in [1.82, 2.24) is 4.57 Å². The van der Waals surface area contributed by atoms with Crippen molar-refractivity contribution in [3.8, 4) is 11.5 Å². The summed E-state index contributed by atoms with van der Waals surface area (Å²) in [4.78, 5) is 17.6. The topological polar surface area (TPSA) is 52.8 Å². The van der Waals surface area contributed by atoms with Gasteiger partial charge in [-0.1, -0.05) is 30.4 Å². The van der Waals surface area contributed by atoms with Crippen LogP contribution in [0.15, 0.2) is 41.4 Å². The van der Waals surface area contributed by atoms with Crippen LogP contribution in [0.2, 0.25) is 0 Å². The number of thiazole rings is 1. The van der Waals surface area contributed by atoms with E-state index >= 15 is 0 Å². The van der Waals surface area contributed by atoms with E-state index in [1.54, 1.807) is 32.4 Å². The van der Waals surface area contributed by atoms with Crippen LogP contribution in [-0.2, 0) is 13.5 Å². The molecule has 1 heterocycles. The van der Waals surface area contributed by atoms with Crippen LogP contribution in [0.4, 0.5) is 0 Å². The van der Waals surface area contributed by atoms with E-state index in [0.29, 0.717) is 21.9 Å². The molecule has 6 heteroatoms. The Morgan fingerprint density at radius 3 is 2.44 bits per heavy atom.